The van der Waals surface area contributed by atoms with E-state index in [-0.39, 0.29) is 11.8 Å². The van der Waals surface area contributed by atoms with Gasteiger partial charge in [0.05, 0.1) is 12.8 Å². The number of nitrogens with zero attached hydrogens (tertiary/aromatic N) is 3. The minimum absolute atomic E-state index is 0.0626. The topological polar surface area (TPSA) is 87.4 Å². The van der Waals surface area contributed by atoms with E-state index < -0.39 is 0 Å². The minimum Gasteiger partial charge on any atom is -0.497 e. The van der Waals surface area contributed by atoms with Crippen molar-refractivity contribution in [2.24, 2.45) is 5.10 Å². The van der Waals surface area contributed by atoms with Crippen LogP contribution in [0.25, 0.3) is 0 Å². The number of methoxy groups -OCH3 is 1. The van der Waals surface area contributed by atoms with Crippen molar-refractivity contribution in [3.63, 3.8) is 0 Å². The molecule has 4 rings (SSSR count). The van der Waals surface area contributed by atoms with Gasteiger partial charge in [0.1, 0.15) is 11.5 Å². The van der Waals surface area contributed by atoms with Gasteiger partial charge >= 0.3 is 0 Å². The summed E-state index contributed by atoms with van der Waals surface area (Å²) in [5, 5.41) is 4.41. The van der Waals surface area contributed by atoms with Gasteiger partial charge < -0.3 is 19.0 Å². The molecule has 1 aliphatic heterocycles. The van der Waals surface area contributed by atoms with E-state index in [9.17, 15) is 9.59 Å². The summed E-state index contributed by atoms with van der Waals surface area (Å²) in [6.45, 7) is 8.20. The first-order chi connectivity index (χ1) is 15.5. The predicted molar refractivity (Wildman–Crippen MR) is 121 cm³/mol. The Kier molecular flexibility index (Phi) is 6.60. The van der Waals surface area contributed by atoms with Crippen LogP contribution in [-0.2, 0) is 6.42 Å². The van der Waals surface area contributed by atoms with E-state index in [4.69, 9.17) is 9.15 Å². The maximum Gasteiger partial charge on any atom is 0.289 e. The highest BCUT2D eigenvalue weighted by atomic mass is 16.5. The number of carbonyl (C=O) groups excluding carboxylic acids is 2. The molecule has 0 radical (unpaired) electrons. The van der Waals surface area contributed by atoms with Crippen molar-refractivity contribution < 1.29 is 18.7 Å². The lowest BCUT2D eigenvalue weighted by Crippen LogP contribution is -2.48. The van der Waals surface area contributed by atoms with Gasteiger partial charge in [0.25, 0.3) is 11.8 Å². The molecule has 0 atom stereocenters. The standard InChI is InChI=1S/C24H30N4O4/c1-4-27-11-13-28(14-12-27)24(30)22-16(2)21-19(9-6-10-20(21)32-22)25-26-23(29)17-7-5-8-18(15-17)31-3/h5,7-8,15H,4,6,9-14H2,1-3H3,(H,26,29)/b25-19+. The summed E-state index contributed by atoms with van der Waals surface area (Å²) in [5.74, 6) is 1.41. The molecular weight excluding hydrogens is 408 g/mol. The normalized spacial score (nSPS) is 17.8. The zero-order valence-corrected chi connectivity index (χ0v) is 18.9. The lowest BCUT2D eigenvalue weighted by atomic mass is 9.93. The van der Waals surface area contributed by atoms with Crippen LogP contribution in [0, 0.1) is 6.92 Å². The summed E-state index contributed by atoms with van der Waals surface area (Å²) in [4.78, 5) is 29.9. The van der Waals surface area contributed by atoms with E-state index in [0.29, 0.717) is 36.6 Å². The van der Waals surface area contributed by atoms with Crippen molar-refractivity contribution >= 4 is 17.5 Å². The molecule has 2 amide bonds. The third-order valence-electron chi connectivity index (χ3n) is 6.25. The molecule has 2 heterocycles. The number of rotatable bonds is 5. The average molecular weight is 439 g/mol. The molecule has 0 unspecified atom stereocenters. The van der Waals surface area contributed by atoms with Gasteiger partial charge in [-0.1, -0.05) is 13.0 Å². The molecule has 1 aromatic carbocycles. The number of furan rings is 1. The Balaban J connectivity index is 1.53. The van der Waals surface area contributed by atoms with Crippen LogP contribution in [0.2, 0.25) is 0 Å². The molecule has 2 aliphatic rings. The number of hydrogen-bond donors (Lipinski definition) is 1. The van der Waals surface area contributed by atoms with E-state index in [0.717, 1.165) is 55.1 Å². The second kappa shape index (κ2) is 9.56. The first-order valence-corrected chi connectivity index (χ1v) is 11.2. The molecule has 0 saturated carbocycles. The van der Waals surface area contributed by atoms with E-state index in [1.165, 1.54) is 0 Å². The molecule has 1 N–H and O–H groups in total. The number of amides is 2. The molecule has 1 fully saturated rings. The molecule has 0 spiro atoms. The van der Waals surface area contributed by atoms with Crippen LogP contribution >= 0.6 is 0 Å². The molecule has 1 saturated heterocycles. The minimum atomic E-state index is -0.310. The fraction of sp³-hybridized carbons (Fsp3) is 0.458. The molecule has 8 heteroatoms. The van der Waals surface area contributed by atoms with Crippen LogP contribution in [0.3, 0.4) is 0 Å². The van der Waals surface area contributed by atoms with E-state index in [1.54, 1.807) is 31.4 Å². The fourth-order valence-electron chi connectivity index (χ4n) is 4.34. The summed E-state index contributed by atoms with van der Waals surface area (Å²) in [6.07, 6.45) is 2.33. The highest BCUT2D eigenvalue weighted by Gasteiger charge is 2.31. The fourth-order valence-corrected chi connectivity index (χ4v) is 4.34. The summed E-state index contributed by atoms with van der Waals surface area (Å²) in [6, 6.07) is 6.92. The van der Waals surface area contributed by atoms with Crippen LogP contribution in [0.5, 0.6) is 5.75 Å². The Morgan fingerprint density at radius 3 is 2.69 bits per heavy atom. The number of likely N-dealkylation sites (N-methyl/N-ethyl adjacent to an activating group) is 1. The number of hydrogen-bond acceptors (Lipinski definition) is 6. The Bertz CT molecular complexity index is 1030. The van der Waals surface area contributed by atoms with Gasteiger partial charge in [-0.15, -0.1) is 0 Å². The third-order valence-corrected chi connectivity index (χ3v) is 6.25. The van der Waals surface area contributed by atoms with Crippen LogP contribution < -0.4 is 10.2 Å². The van der Waals surface area contributed by atoms with Gasteiger partial charge in [-0.3, -0.25) is 9.59 Å². The Hall–Kier alpha value is -3.13. The quantitative estimate of drug-likeness (QED) is 0.726. The second-order valence-corrected chi connectivity index (χ2v) is 8.17. The van der Waals surface area contributed by atoms with Crippen LogP contribution in [0.15, 0.2) is 33.8 Å². The van der Waals surface area contributed by atoms with Gasteiger partial charge in [0.15, 0.2) is 5.76 Å². The maximum absolute atomic E-state index is 13.1. The van der Waals surface area contributed by atoms with E-state index in [1.807, 2.05) is 11.8 Å². The zero-order chi connectivity index (χ0) is 22.7. The maximum atomic E-state index is 13.1. The number of aryl methyl sites for hydroxylation is 1. The van der Waals surface area contributed by atoms with Crippen molar-refractivity contribution in [3.8, 4) is 5.75 Å². The van der Waals surface area contributed by atoms with Gasteiger partial charge in [0.2, 0.25) is 0 Å². The number of benzene rings is 1. The Morgan fingerprint density at radius 1 is 1.19 bits per heavy atom. The predicted octanol–water partition coefficient (Wildman–Crippen LogP) is 2.84. The van der Waals surface area contributed by atoms with Gasteiger partial charge in [-0.25, -0.2) is 5.43 Å². The van der Waals surface area contributed by atoms with Gasteiger partial charge in [0, 0.05) is 49.3 Å². The number of hydrazone groups is 1. The molecule has 170 valence electrons. The highest BCUT2D eigenvalue weighted by Crippen LogP contribution is 2.30. The SMILES string of the molecule is CCN1CCN(C(=O)c2oc3c(c2C)/C(=N/NC(=O)c2cccc(OC)c2)CCC3)CC1. The summed E-state index contributed by atoms with van der Waals surface area (Å²) >= 11 is 0. The lowest BCUT2D eigenvalue weighted by Gasteiger charge is -2.33. The first kappa shape index (κ1) is 22.1. The van der Waals surface area contributed by atoms with Gasteiger partial charge in [-0.2, -0.15) is 5.10 Å². The van der Waals surface area contributed by atoms with E-state index in [2.05, 4.69) is 22.4 Å². The average Bonchev–Trinajstić information content (AvgIpc) is 3.19. The number of ether oxygens (including phenoxy) is 1. The summed E-state index contributed by atoms with van der Waals surface area (Å²) in [5.41, 5.74) is 5.53. The monoisotopic (exact) mass is 438 g/mol. The number of nitrogens with one attached hydrogen (secondary N) is 1. The molecule has 1 aromatic heterocycles. The Morgan fingerprint density at radius 2 is 1.97 bits per heavy atom. The molecule has 0 bridgehead atoms. The second-order valence-electron chi connectivity index (χ2n) is 8.17. The van der Waals surface area contributed by atoms with Crippen molar-refractivity contribution in [1.29, 1.82) is 0 Å². The van der Waals surface area contributed by atoms with Crippen LogP contribution in [0.1, 0.15) is 57.6 Å². The van der Waals surface area contributed by atoms with Crippen molar-refractivity contribution in [2.45, 2.75) is 33.1 Å². The van der Waals surface area contributed by atoms with E-state index >= 15 is 0 Å². The highest BCUT2D eigenvalue weighted by molar-refractivity contribution is 6.07. The molecule has 1 aliphatic carbocycles. The van der Waals surface area contributed by atoms with Crippen LogP contribution in [-0.4, -0.2) is 67.2 Å². The first-order valence-electron chi connectivity index (χ1n) is 11.2. The zero-order valence-electron chi connectivity index (χ0n) is 18.9. The molecule has 32 heavy (non-hydrogen) atoms. The number of fused-ring (bicyclic) bond motifs is 1. The third kappa shape index (κ3) is 4.41. The molecule has 8 nitrogen and oxygen atoms in total. The van der Waals surface area contributed by atoms with Crippen molar-refractivity contribution in [2.75, 3.05) is 39.8 Å². The number of piperazine rings is 1. The molecule has 2 aromatic rings. The van der Waals surface area contributed by atoms with Gasteiger partial charge in [-0.05, 0) is 44.5 Å². The molecular formula is C24H30N4O4. The Labute approximate surface area is 188 Å². The van der Waals surface area contributed by atoms with Crippen LogP contribution in [0.4, 0.5) is 0 Å². The number of carbonyl (C=O) groups is 2. The largest absolute Gasteiger partial charge is 0.497 e. The summed E-state index contributed by atoms with van der Waals surface area (Å²) in [7, 11) is 1.56. The van der Waals surface area contributed by atoms with Crippen molar-refractivity contribution in [1.82, 2.24) is 15.2 Å². The van der Waals surface area contributed by atoms with Crippen molar-refractivity contribution in [3.05, 3.63) is 52.5 Å². The lowest BCUT2D eigenvalue weighted by molar-refractivity contribution is 0.0609. The smallest absolute Gasteiger partial charge is 0.289 e. The summed E-state index contributed by atoms with van der Waals surface area (Å²) < 4.78 is 11.2.